The van der Waals surface area contributed by atoms with E-state index in [1.165, 1.54) is 0 Å². The molecule has 0 unspecified atom stereocenters. The molecule has 0 aliphatic heterocycles. The van der Waals surface area contributed by atoms with Crippen LogP contribution >= 0.6 is 0 Å². The lowest BCUT2D eigenvalue weighted by atomic mass is 10.1. The first-order valence-corrected chi connectivity index (χ1v) is 5.01. The molecule has 0 amide bonds. The second-order valence-electron chi connectivity index (χ2n) is 3.15. The Bertz CT molecular complexity index is 283. The summed E-state index contributed by atoms with van der Waals surface area (Å²) in [6.07, 6.45) is 3.26. The second kappa shape index (κ2) is 7.74. The summed E-state index contributed by atoms with van der Waals surface area (Å²) in [6.45, 7) is 2.03. The Hall–Kier alpha value is -1.63. The minimum absolute atomic E-state index is 0.833. The van der Waals surface area contributed by atoms with Crippen molar-refractivity contribution in [1.29, 1.82) is 5.26 Å². The summed E-state index contributed by atoms with van der Waals surface area (Å²) in [5.74, 6) is 0. The van der Waals surface area contributed by atoms with Gasteiger partial charge in [-0.25, -0.2) is 0 Å². The standard InChI is InChI=1S/C11H20N4/c1-9(13-2)11(15-4)6-5-10(14-3)7-8-12/h7,13-15H,5-6H2,1-4H3/b10-7-,11-9?. The van der Waals surface area contributed by atoms with Crippen LogP contribution in [0.2, 0.25) is 0 Å². The van der Waals surface area contributed by atoms with Gasteiger partial charge in [0.25, 0.3) is 0 Å². The Balaban J connectivity index is 4.36. The molecule has 0 aliphatic rings. The van der Waals surface area contributed by atoms with Gasteiger partial charge < -0.3 is 16.0 Å². The highest BCUT2D eigenvalue weighted by Gasteiger charge is 2.01. The topological polar surface area (TPSA) is 59.9 Å². The van der Waals surface area contributed by atoms with Gasteiger partial charge in [-0.05, 0) is 19.8 Å². The number of allylic oxidation sites excluding steroid dienone is 4. The van der Waals surface area contributed by atoms with Crippen LogP contribution in [0.25, 0.3) is 0 Å². The average Bonchev–Trinajstić information content (AvgIpc) is 2.27. The third-order valence-corrected chi connectivity index (χ3v) is 2.33. The van der Waals surface area contributed by atoms with E-state index in [-0.39, 0.29) is 0 Å². The number of hydrogen-bond donors (Lipinski definition) is 3. The van der Waals surface area contributed by atoms with Crippen LogP contribution in [0, 0.1) is 11.3 Å². The largest absolute Gasteiger partial charge is 0.391 e. The number of nitrogens with zero attached hydrogens (tertiary/aromatic N) is 1. The van der Waals surface area contributed by atoms with Crippen LogP contribution in [-0.2, 0) is 0 Å². The molecule has 0 saturated carbocycles. The van der Waals surface area contributed by atoms with Gasteiger partial charge in [0, 0.05) is 44.3 Å². The molecule has 4 heteroatoms. The lowest BCUT2D eigenvalue weighted by Crippen LogP contribution is -2.16. The van der Waals surface area contributed by atoms with Gasteiger partial charge >= 0.3 is 0 Å². The fraction of sp³-hybridized carbons (Fsp3) is 0.545. The zero-order valence-corrected chi connectivity index (χ0v) is 9.94. The summed E-state index contributed by atoms with van der Waals surface area (Å²) in [5.41, 5.74) is 3.25. The normalized spacial score (nSPS) is 12.6. The van der Waals surface area contributed by atoms with Crippen LogP contribution in [-0.4, -0.2) is 21.1 Å². The van der Waals surface area contributed by atoms with Crippen molar-refractivity contribution in [2.24, 2.45) is 0 Å². The maximum Gasteiger partial charge on any atom is 0.0930 e. The molecule has 0 aromatic heterocycles. The molecule has 0 heterocycles. The van der Waals surface area contributed by atoms with Crippen molar-refractivity contribution in [3.05, 3.63) is 23.2 Å². The van der Waals surface area contributed by atoms with Crippen LogP contribution in [0.1, 0.15) is 19.8 Å². The molecule has 0 aromatic rings. The molecule has 0 bridgehead atoms. The summed E-state index contributed by atoms with van der Waals surface area (Å²) in [7, 11) is 5.64. The van der Waals surface area contributed by atoms with Crippen molar-refractivity contribution in [2.75, 3.05) is 21.1 Å². The van der Waals surface area contributed by atoms with Crippen LogP contribution in [0.3, 0.4) is 0 Å². The molecule has 0 fully saturated rings. The molecular formula is C11H20N4. The highest BCUT2D eigenvalue weighted by Crippen LogP contribution is 2.09. The van der Waals surface area contributed by atoms with Crippen molar-refractivity contribution in [1.82, 2.24) is 16.0 Å². The molecule has 0 atom stereocenters. The summed E-state index contributed by atoms with van der Waals surface area (Å²) in [4.78, 5) is 0. The van der Waals surface area contributed by atoms with E-state index in [0.29, 0.717) is 0 Å². The Morgan fingerprint density at radius 3 is 2.20 bits per heavy atom. The zero-order valence-electron chi connectivity index (χ0n) is 9.94. The van der Waals surface area contributed by atoms with E-state index in [1.807, 2.05) is 34.1 Å². The lowest BCUT2D eigenvalue weighted by molar-refractivity contribution is 0.753. The smallest absolute Gasteiger partial charge is 0.0930 e. The van der Waals surface area contributed by atoms with Crippen molar-refractivity contribution in [2.45, 2.75) is 19.8 Å². The number of rotatable bonds is 6. The maximum atomic E-state index is 8.54. The second-order valence-corrected chi connectivity index (χ2v) is 3.15. The molecule has 0 saturated heterocycles. The van der Waals surface area contributed by atoms with Crippen LogP contribution in [0.5, 0.6) is 0 Å². The van der Waals surface area contributed by atoms with Gasteiger partial charge in [0.05, 0.1) is 6.07 Å². The first-order valence-electron chi connectivity index (χ1n) is 5.01. The first-order chi connectivity index (χ1) is 7.19. The molecule has 0 aromatic carbocycles. The lowest BCUT2D eigenvalue weighted by Gasteiger charge is -2.12. The Morgan fingerprint density at radius 1 is 1.13 bits per heavy atom. The molecule has 4 nitrogen and oxygen atoms in total. The molecule has 0 rings (SSSR count). The molecule has 3 N–H and O–H groups in total. The Morgan fingerprint density at radius 2 is 1.80 bits per heavy atom. The summed E-state index contributed by atoms with van der Waals surface area (Å²) in [6, 6.07) is 2.03. The first kappa shape index (κ1) is 13.4. The molecule has 0 spiro atoms. The molecule has 84 valence electrons. The van der Waals surface area contributed by atoms with Gasteiger partial charge in [-0.1, -0.05) is 0 Å². The molecular weight excluding hydrogens is 188 g/mol. The predicted octanol–water partition coefficient (Wildman–Crippen LogP) is 1.06. The van der Waals surface area contributed by atoms with Crippen molar-refractivity contribution >= 4 is 0 Å². The van der Waals surface area contributed by atoms with E-state index in [9.17, 15) is 0 Å². The minimum Gasteiger partial charge on any atom is -0.391 e. The fourth-order valence-electron chi connectivity index (χ4n) is 1.26. The Kier molecular flexibility index (Phi) is 6.90. The van der Waals surface area contributed by atoms with Gasteiger partial charge in [-0.2, -0.15) is 5.26 Å². The van der Waals surface area contributed by atoms with Crippen LogP contribution in [0.4, 0.5) is 0 Å². The average molecular weight is 208 g/mol. The Labute approximate surface area is 92.1 Å². The van der Waals surface area contributed by atoms with Gasteiger partial charge in [0.15, 0.2) is 0 Å². The monoisotopic (exact) mass is 208 g/mol. The number of hydrogen-bond acceptors (Lipinski definition) is 4. The molecule has 0 aliphatic carbocycles. The van der Waals surface area contributed by atoms with Gasteiger partial charge in [0.2, 0.25) is 0 Å². The van der Waals surface area contributed by atoms with E-state index < -0.39 is 0 Å². The van der Waals surface area contributed by atoms with Crippen molar-refractivity contribution in [3.8, 4) is 6.07 Å². The quantitative estimate of drug-likeness (QED) is 0.571. The zero-order chi connectivity index (χ0) is 11.7. The van der Waals surface area contributed by atoms with Crippen LogP contribution < -0.4 is 16.0 Å². The molecule has 15 heavy (non-hydrogen) atoms. The van der Waals surface area contributed by atoms with Crippen molar-refractivity contribution < 1.29 is 0 Å². The van der Waals surface area contributed by atoms with Crippen molar-refractivity contribution in [3.63, 3.8) is 0 Å². The SMILES string of the molecule is CNC(C)=C(CC/C(=C/C#N)NC)NC. The third kappa shape index (κ3) is 4.96. The van der Waals surface area contributed by atoms with E-state index in [0.717, 1.165) is 29.9 Å². The van der Waals surface area contributed by atoms with Gasteiger partial charge in [-0.15, -0.1) is 0 Å². The summed E-state index contributed by atoms with van der Waals surface area (Å²) < 4.78 is 0. The van der Waals surface area contributed by atoms with E-state index in [2.05, 4.69) is 16.0 Å². The fourth-order valence-corrected chi connectivity index (χ4v) is 1.26. The van der Waals surface area contributed by atoms with E-state index in [1.54, 1.807) is 6.08 Å². The summed E-state index contributed by atoms with van der Waals surface area (Å²) >= 11 is 0. The van der Waals surface area contributed by atoms with Crippen LogP contribution in [0.15, 0.2) is 23.2 Å². The number of nitrogens with one attached hydrogen (secondary N) is 3. The third-order valence-electron chi connectivity index (χ3n) is 2.33. The highest BCUT2D eigenvalue weighted by atomic mass is 14.9. The number of nitriles is 1. The minimum atomic E-state index is 0.833. The highest BCUT2D eigenvalue weighted by molar-refractivity contribution is 5.15. The van der Waals surface area contributed by atoms with Gasteiger partial charge in [-0.3, -0.25) is 0 Å². The van der Waals surface area contributed by atoms with E-state index >= 15 is 0 Å². The van der Waals surface area contributed by atoms with Gasteiger partial charge in [0.1, 0.15) is 0 Å². The molecule has 0 radical (unpaired) electrons. The predicted molar refractivity (Wildman–Crippen MR) is 62.8 cm³/mol. The maximum absolute atomic E-state index is 8.54. The summed E-state index contributed by atoms with van der Waals surface area (Å²) in [5, 5.41) is 17.8. The van der Waals surface area contributed by atoms with E-state index in [4.69, 9.17) is 5.26 Å².